The number of esters is 1. The molecular weight excluding hydrogens is 516 g/mol. The van der Waals surface area contributed by atoms with Gasteiger partial charge in [0.15, 0.2) is 0 Å². The highest BCUT2D eigenvalue weighted by Crippen LogP contribution is 2.70. The molecule has 5 heteroatoms. The molecule has 5 rings (SSSR count). The number of hydrogen-bond donors (Lipinski definition) is 0. The van der Waals surface area contributed by atoms with E-state index < -0.39 is 18.6 Å². The van der Waals surface area contributed by atoms with Crippen LogP contribution in [-0.2, 0) is 20.2 Å². The number of benzene rings is 4. The number of hydrogen-bond acceptors (Lipinski definition) is 3. The summed E-state index contributed by atoms with van der Waals surface area (Å²) in [5.74, 6) is -0.144. The van der Waals surface area contributed by atoms with E-state index in [1.807, 2.05) is 6.07 Å². The minimum Gasteiger partial charge on any atom is -0.465 e. The summed E-state index contributed by atoms with van der Waals surface area (Å²) < 4.78 is 6.27. The molecule has 4 aromatic rings. The summed E-state index contributed by atoms with van der Waals surface area (Å²) in [6, 6.07) is 42.5. The van der Waals surface area contributed by atoms with Crippen LogP contribution in [0.4, 0.5) is 0 Å². The van der Waals surface area contributed by atoms with Crippen molar-refractivity contribution in [3.05, 3.63) is 132 Å². The van der Waals surface area contributed by atoms with Crippen LogP contribution in [-0.4, -0.2) is 36.7 Å². The topological polar surface area (TPSA) is 29.5 Å². The quantitative estimate of drug-likeness (QED) is 0.136. The number of nitrogens with zero attached hydrogens (tertiary/aromatic N) is 1. The molecule has 0 amide bonds. The molecule has 0 aromatic heterocycles. The fourth-order valence-electron chi connectivity index (χ4n) is 6.35. The molecule has 0 saturated carbocycles. The summed E-state index contributed by atoms with van der Waals surface area (Å²) in [5, 5.41) is 1.74. The standard InChI is InChI=1S/C34H37NO2P2/c1-3-4-25-37-32(36)33(27-17-9-5-10-18-27)31(38)26-35(2)34(33,28-19-11-6-12-20-28)39(29-21-13-7-14-22-29)30-23-15-8-16-24-30/h5-24,31H,3-4,25-26,38H2,1-2H3. The number of unbranched alkanes of at least 4 members (excludes halogenated alkanes) is 1. The minimum atomic E-state index is -1.13. The van der Waals surface area contributed by atoms with Crippen LogP contribution in [0.15, 0.2) is 121 Å². The second-order valence-electron chi connectivity index (χ2n) is 10.2. The molecule has 1 fully saturated rings. The Labute approximate surface area is 236 Å². The first-order valence-corrected chi connectivity index (χ1v) is 15.7. The average molecular weight is 554 g/mol. The summed E-state index contributed by atoms with van der Waals surface area (Å²) in [4.78, 5) is 17.3. The number of carbonyl (C=O) groups is 1. The molecule has 1 aliphatic heterocycles. The number of likely N-dealkylation sites (tertiary alicyclic amines) is 1. The van der Waals surface area contributed by atoms with Gasteiger partial charge in [-0.3, -0.25) is 9.69 Å². The highest BCUT2D eigenvalue weighted by Gasteiger charge is 2.71. The zero-order valence-corrected chi connectivity index (χ0v) is 24.8. The third-order valence-corrected chi connectivity index (χ3v) is 11.9. The van der Waals surface area contributed by atoms with Crippen LogP contribution >= 0.6 is 17.2 Å². The van der Waals surface area contributed by atoms with Crippen molar-refractivity contribution in [2.45, 2.75) is 36.1 Å². The first-order chi connectivity index (χ1) is 19.1. The largest absolute Gasteiger partial charge is 0.465 e. The third-order valence-electron chi connectivity index (χ3n) is 7.94. The molecule has 0 aliphatic carbocycles. The van der Waals surface area contributed by atoms with Gasteiger partial charge in [0.05, 0.1) is 11.9 Å². The van der Waals surface area contributed by atoms with Gasteiger partial charge < -0.3 is 4.74 Å². The smallest absolute Gasteiger partial charge is 0.319 e. The fraction of sp³-hybridized carbons (Fsp3) is 0.265. The maximum Gasteiger partial charge on any atom is 0.319 e. The summed E-state index contributed by atoms with van der Waals surface area (Å²) in [6.45, 7) is 3.28. The zero-order valence-electron chi connectivity index (χ0n) is 22.7. The van der Waals surface area contributed by atoms with Crippen molar-refractivity contribution in [2.75, 3.05) is 20.2 Å². The van der Waals surface area contributed by atoms with Gasteiger partial charge in [-0.25, -0.2) is 0 Å². The number of carbonyl (C=O) groups excluding carboxylic acids is 1. The van der Waals surface area contributed by atoms with Gasteiger partial charge >= 0.3 is 5.97 Å². The molecule has 0 bridgehead atoms. The molecular formula is C34H37NO2P2. The SMILES string of the molecule is CCCCOC(=O)C1(c2ccccc2)C(P)CN(C)C1(c1ccccc1)P(c1ccccc1)c1ccccc1. The van der Waals surface area contributed by atoms with Crippen molar-refractivity contribution >= 4 is 33.7 Å². The van der Waals surface area contributed by atoms with Gasteiger partial charge in [-0.15, -0.1) is 9.24 Å². The fourth-order valence-corrected chi connectivity index (χ4v) is 10.9. The van der Waals surface area contributed by atoms with Crippen molar-refractivity contribution < 1.29 is 9.53 Å². The maximum absolute atomic E-state index is 14.9. The lowest BCUT2D eigenvalue weighted by Gasteiger charge is -2.53. The van der Waals surface area contributed by atoms with E-state index in [0.29, 0.717) is 6.61 Å². The second-order valence-corrected chi connectivity index (χ2v) is 13.4. The van der Waals surface area contributed by atoms with E-state index in [9.17, 15) is 4.79 Å². The van der Waals surface area contributed by atoms with E-state index >= 15 is 0 Å². The van der Waals surface area contributed by atoms with Gasteiger partial charge in [0.25, 0.3) is 0 Å². The van der Waals surface area contributed by atoms with Crippen molar-refractivity contribution in [2.24, 2.45) is 0 Å². The average Bonchev–Trinajstić information content (AvgIpc) is 3.22. The van der Waals surface area contributed by atoms with Crippen LogP contribution in [0.1, 0.15) is 30.9 Å². The lowest BCUT2D eigenvalue weighted by Crippen LogP contribution is -2.60. The lowest BCUT2D eigenvalue weighted by atomic mass is 9.70. The normalized spacial score (nSPS) is 23.1. The van der Waals surface area contributed by atoms with E-state index in [1.54, 1.807) is 0 Å². The molecule has 200 valence electrons. The molecule has 4 aromatic carbocycles. The van der Waals surface area contributed by atoms with Crippen molar-refractivity contribution in [1.82, 2.24) is 4.90 Å². The third kappa shape index (κ3) is 4.66. The van der Waals surface area contributed by atoms with Crippen molar-refractivity contribution in [1.29, 1.82) is 0 Å². The molecule has 1 saturated heterocycles. The van der Waals surface area contributed by atoms with E-state index in [4.69, 9.17) is 4.74 Å². The van der Waals surface area contributed by atoms with Crippen molar-refractivity contribution in [3.8, 4) is 0 Å². The van der Waals surface area contributed by atoms with Crippen LogP contribution in [0.3, 0.4) is 0 Å². The Kier molecular flexibility index (Phi) is 8.63. The number of likely N-dealkylation sites (N-methyl/N-ethyl adjacent to an activating group) is 1. The van der Waals surface area contributed by atoms with E-state index in [0.717, 1.165) is 30.5 Å². The van der Waals surface area contributed by atoms with E-state index in [2.05, 4.69) is 143 Å². The number of ether oxygens (including phenoxy) is 1. The molecule has 4 atom stereocenters. The molecule has 0 spiro atoms. The Hall–Kier alpha value is -2.83. The summed E-state index contributed by atoms with van der Waals surface area (Å²) in [7, 11) is 4.13. The monoisotopic (exact) mass is 553 g/mol. The Bertz CT molecular complexity index is 1310. The molecule has 1 aliphatic rings. The Balaban J connectivity index is 1.93. The first kappa shape index (κ1) is 27.7. The Morgan fingerprint density at radius 1 is 0.821 bits per heavy atom. The molecule has 3 nitrogen and oxygen atoms in total. The molecule has 1 heterocycles. The molecule has 39 heavy (non-hydrogen) atoms. The minimum absolute atomic E-state index is 0.0725. The summed E-state index contributed by atoms with van der Waals surface area (Å²) in [6.07, 6.45) is 1.82. The Morgan fingerprint density at radius 2 is 1.28 bits per heavy atom. The summed E-state index contributed by atoms with van der Waals surface area (Å²) in [5.41, 5.74) is 1.09. The van der Waals surface area contributed by atoms with E-state index in [-0.39, 0.29) is 11.6 Å². The highest BCUT2D eigenvalue weighted by atomic mass is 31.1. The summed E-state index contributed by atoms with van der Waals surface area (Å²) >= 11 is 0. The first-order valence-electron chi connectivity index (χ1n) is 13.7. The second kappa shape index (κ2) is 12.1. The van der Waals surface area contributed by atoms with Gasteiger partial charge in [-0.2, -0.15) is 0 Å². The van der Waals surface area contributed by atoms with Crippen LogP contribution in [0.2, 0.25) is 0 Å². The lowest BCUT2D eigenvalue weighted by molar-refractivity contribution is -0.152. The molecule has 4 unspecified atom stereocenters. The van der Waals surface area contributed by atoms with Crippen LogP contribution in [0, 0.1) is 0 Å². The zero-order chi connectivity index (χ0) is 27.3. The van der Waals surface area contributed by atoms with Crippen molar-refractivity contribution in [3.63, 3.8) is 0 Å². The van der Waals surface area contributed by atoms with Crippen LogP contribution < -0.4 is 10.6 Å². The van der Waals surface area contributed by atoms with Gasteiger partial charge in [0.2, 0.25) is 0 Å². The van der Waals surface area contributed by atoms with Crippen LogP contribution in [0.25, 0.3) is 0 Å². The van der Waals surface area contributed by atoms with E-state index in [1.165, 1.54) is 10.6 Å². The maximum atomic E-state index is 14.9. The molecule has 0 radical (unpaired) electrons. The van der Waals surface area contributed by atoms with Gasteiger partial charge in [0, 0.05) is 12.2 Å². The molecule has 0 N–H and O–H groups in total. The van der Waals surface area contributed by atoms with Gasteiger partial charge in [-0.05, 0) is 43.1 Å². The highest BCUT2D eigenvalue weighted by molar-refractivity contribution is 7.74. The van der Waals surface area contributed by atoms with Gasteiger partial charge in [0.1, 0.15) is 5.41 Å². The number of rotatable bonds is 9. The van der Waals surface area contributed by atoms with Gasteiger partial charge in [-0.1, -0.05) is 135 Å². The Morgan fingerprint density at radius 3 is 1.77 bits per heavy atom. The predicted molar refractivity (Wildman–Crippen MR) is 167 cm³/mol. The van der Waals surface area contributed by atoms with Crippen LogP contribution in [0.5, 0.6) is 0 Å². The predicted octanol–water partition coefficient (Wildman–Crippen LogP) is 6.44.